The molecule has 2 amide bonds. The van der Waals surface area contributed by atoms with E-state index < -0.39 is 9.84 Å². The third-order valence-electron chi connectivity index (χ3n) is 5.19. The molecule has 1 N–H and O–H groups in total. The molecule has 0 saturated carbocycles. The van der Waals surface area contributed by atoms with Gasteiger partial charge in [-0.3, -0.25) is 9.59 Å². The summed E-state index contributed by atoms with van der Waals surface area (Å²) >= 11 is 7.12. The first-order valence-electron chi connectivity index (χ1n) is 9.67. The lowest BCUT2D eigenvalue weighted by Gasteiger charge is -2.32. The summed E-state index contributed by atoms with van der Waals surface area (Å²) in [6, 6.07) is 11.4. The van der Waals surface area contributed by atoms with Crippen LogP contribution >= 0.6 is 22.9 Å². The number of carbonyl (C=O) groups excluding carboxylic acids is 2. The average molecular weight is 478 g/mol. The van der Waals surface area contributed by atoms with Crippen LogP contribution in [0.4, 0.5) is 5.13 Å². The van der Waals surface area contributed by atoms with E-state index in [1.807, 2.05) is 0 Å². The van der Waals surface area contributed by atoms with Crippen LogP contribution in [0.3, 0.4) is 0 Å². The van der Waals surface area contributed by atoms with Gasteiger partial charge in [0.2, 0.25) is 5.91 Å². The quantitative estimate of drug-likeness (QED) is 0.615. The Morgan fingerprint density at radius 1 is 1.19 bits per heavy atom. The van der Waals surface area contributed by atoms with E-state index in [0.29, 0.717) is 45.4 Å². The monoisotopic (exact) mass is 477 g/mol. The maximum atomic E-state index is 12.8. The van der Waals surface area contributed by atoms with Crippen LogP contribution in [0.15, 0.2) is 47.4 Å². The maximum absolute atomic E-state index is 12.8. The van der Waals surface area contributed by atoms with E-state index in [1.54, 1.807) is 41.3 Å². The number of carbonyl (C=O) groups is 2. The second kappa shape index (κ2) is 8.57. The molecular formula is C21H20ClN3O4S2. The van der Waals surface area contributed by atoms with Crippen LogP contribution in [-0.4, -0.2) is 49.5 Å². The molecule has 31 heavy (non-hydrogen) atoms. The number of nitrogens with zero attached hydrogens (tertiary/aromatic N) is 2. The molecule has 162 valence electrons. The van der Waals surface area contributed by atoms with Crippen molar-refractivity contribution in [2.24, 2.45) is 5.92 Å². The minimum absolute atomic E-state index is 0.123. The molecule has 2 heterocycles. The Morgan fingerprint density at radius 3 is 2.65 bits per heavy atom. The summed E-state index contributed by atoms with van der Waals surface area (Å²) in [5.74, 6) is -0.665. The molecule has 0 bridgehead atoms. The van der Waals surface area contributed by atoms with E-state index in [2.05, 4.69) is 10.3 Å². The average Bonchev–Trinajstić information content (AvgIpc) is 3.14. The van der Waals surface area contributed by atoms with Gasteiger partial charge in [-0.25, -0.2) is 13.4 Å². The van der Waals surface area contributed by atoms with Crippen LogP contribution in [0, 0.1) is 5.92 Å². The molecule has 0 spiro atoms. The summed E-state index contributed by atoms with van der Waals surface area (Å²) in [5.41, 5.74) is 1.16. The van der Waals surface area contributed by atoms with Gasteiger partial charge in [-0.05, 0) is 55.3 Å². The summed E-state index contributed by atoms with van der Waals surface area (Å²) in [7, 11) is -3.32. The molecular weight excluding hydrogens is 458 g/mol. The highest BCUT2D eigenvalue weighted by Gasteiger charge is 2.29. The smallest absolute Gasteiger partial charge is 0.253 e. The van der Waals surface area contributed by atoms with Crippen molar-refractivity contribution in [2.75, 3.05) is 24.7 Å². The van der Waals surface area contributed by atoms with E-state index in [9.17, 15) is 18.0 Å². The molecule has 1 aromatic heterocycles. The van der Waals surface area contributed by atoms with Crippen molar-refractivity contribution in [1.82, 2.24) is 9.88 Å². The number of sulfone groups is 1. The van der Waals surface area contributed by atoms with Gasteiger partial charge in [0.1, 0.15) is 0 Å². The van der Waals surface area contributed by atoms with Crippen molar-refractivity contribution in [2.45, 2.75) is 17.7 Å². The van der Waals surface area contributed by atoms with Gasteiger partial charge in [-0.2, -0.15) is 0 Å². The number of fused-ring (bicyclic) bond motifs is 1. The number of anilines is 1. The molecule has 0 aliphatic carbocycles. The van der Waals surface area contributed by atoms with Crippen LogP contribution in [0.5, 0.6) is 0 Å². The summed E-state index contributed by atoms with van der Waals surface area (Å²) < 4.78 is 24.2. The van der Waals surface area contributed by atoms with Crippen molar-refractivity contribution in [3.63, 3.8) is 0 Å². The molecule has 10 heteroatoms. The van der Waals surface area contributed by atoms with Crippen LogP contribution < -0.4 is 5.32 Å². The first kappa shape index (κ1) is 21.7. The minimum Gasteiger partial charge on any atom is -0.338 e. The summed E-state index contributed by atoms with van der Waals surface area (Å²) in [6.45, 7) is 0.928. The number of rotatable bonds is 4. The highest BCUT2D eigenvalue weighted by Crippen LogP contribution is 2.29. The van der Waals surface area contributed by atoms with Crippen molar-refractivity contribution in [3.05, 3.63) is 53.1 Å². The number of hydrogen-bond acceptors (Lipinski definition) is 6. The van der Waals surface area contributed by atoms with Crippen LogP contribution in [0.1, 0.15) is 23.2 Å². The van der Waals surface area contributed by atoms with E-state index in [0.717, 1.165) is 12.7 Å². The Morgan fingerprint density at radius 2 is 1.94 bits per heavy atom. The molecule has 3 aromatic rings. The third-order valence-corrected chi connectivity index (χ3v) is 7.48. The molecule has 1 saturated heterocycles. The van der Waals surface area contributed by atoms with Gasteiger partial charge in [0, 0.05) is 29.9 Å². The van der Waals surface area contributed by atoms with Crippen molar-refractivity contribution >= 4 is 59.9 Å². The van der Waals surface area contributed by atoms with Crippen molar-refractivity contribution in [3.8, 4) is 0 Å². The van der Waals surface area contributed by atoms with Gasteiger partial charge in [0.25, 0.3) is 5.91 Å². The Bertz CT molecular complexity index is 1260. The van der Waals surface area contributed by atoms with Gasteiger partial charge >= 0.3 is 0 Å². The zero-order chi connectivity index (χ0) is 22.2. The predicted octanol–water partition coefficient (Wildman–Crippen LogP) is 3.84. The minimum atomic E-state index is -3.32. The Hall–Kier alpha value is -2.49. The molecule has 1 aliphatic rings. The van der Waals surface area contributed by atoms with Gasteiger partial charge in [0.15, 0.2) is 15.0 Å². The fourth-order valence-electron chi connectivity index (χ4n) is 3.55. The third kappa shape index (κ3) is 4.89. The largest absolute Gasteiger partial charge is 0.338 e. The number of hydrogen-bond donors (Lipinski definition) is 1. The van der Waals surface area contributed by atoms with Crippen LogP contribution in [0.2, 0.25) is 5.02 Å². The van der Waals surface area contributed by atoms with E-state index in [4.69, 9.17) is 11.6 Å². The summed E-state index contributed by atoms with van der Waals surface area (Å²) in [5, 5.41) is 3.80. The van der Waals surface area contributed by atoms with E-state index >= 15 is 0 Å². The lowest BCUT2D eigenvalue weighted by molar-refractivity contribution is -0.121. The SMILES string of the molecule is CS(=O)(=O)c1ccc2nc(NC(=O)C3CCCN(C(=O)c4ccc(Cl)cc4)C3)sc2c1. The lowest BCUT2D eigenvalue weighted by Crippen LogP contribution is -2.43. The molecule has 4 rings (SSSR count). The lowest BCUT2D eigenvalue weighted by atomic mass is 9.96. The second-order valence-corrected chi connectivity index (χ2v) is 11.0. The normalized spacial score (nSPS) is 17.0. The van der Waals surface area contributed by atoms with Crippen molar-refractivity contribution < 1.29 is 18.0 Å². The van der Waals surface area contributed by atoms with E-state index in [1.165, 1.54) is 17.4 Å². The Labute approximate surface area is 189 Å². The van der Waals surface area contributed by atoms with Crippen LogP contribution in [-0.2, 0) is 14.6 Å². The zero-order valence-corrected chi connectivity index (χ0v) is 19.1. The van der Waals surface area contributed by atoms with Crippen LogP contribution in [0.25, 0.3) is 10.2 Å². The topological polar surface area (TPSA) is 96.4 Å². The fourth-order valence-corrected chi connectivity index (χ4v) is 5.30. The molecule has 1 fully saturated rings. The number of piperidine rings is 1. The maximum Gasteiger partial charge on any atom is 0.253 e. The molecule has 7 nitrogen and oxygen atoms in total. The highest BCUT2D eigenvalue weighted by molar-refractivity contribution is 7.90. The molecule has 2 aromatic carbocycles. The molecule has 0 radical (unpaired) electrons. The van der Waals surface area contributed by atoms with Crippen molar-refractivity contribution in [1.29, 1.82) is 0 Å². The van der Waals surface area contributed by atoms with Gasteiger partial charge in [-0.1, -0.05) is 22.9 Å². The van der Waals surface area contributed by atoms with Gasteiger partial charge in [0.05, 0.1) is 21.0 Å². The van der Waals surface area contributed by atoms with Gasteiger partial charge < -0.3 is 10.2 Å². The molecule has 1 unspecified atom stereocenters. The first-order chi connectivity index (χ1) is 14.7. The van der Waals surface area contributed by atoms with Gasteiger partial charge in [-0.15, -0.1) is 0 Å². The zero-order valence-electron chi connectivity index (χ0n) is 16.7. The number of thiazole rings is 1. The number of amides is 2. The number of halogens is 1. The molecule has 1 atom stereocenters. The number of aromatic nitrogens is 1. The number of benzene rings is 2. The Balaban J connectivity index is 1.45. The predicted molar refractivity (Wildman–Crippen MR) is 121 cm³/mol. The Kier molecular flexibility index (Phi) is 6.00. The second-order valence-electron chi connectivity index (χ2n) is 7.51. The highest BCUT2D eigenvalue weighted by atomic mass is 35.5. The fraction of sp³-hybridized carbons (Fsp3) is 0.286. The number of nitrogens with one attached hydrogen (secondary N) is 1. The first-order valence-corrected chi connectivity index (χ1v) is 12.8. The summed E-state index contributed by atoms with van der Waals surface area (Å²) in [6.07, 6.45) is 2.56. The standard InChI is InChI=1S/C21H20ClN3O4S2/c1-31(28,29)16-8-9-17-18(11-16)30-21(23-17)24-19(26)14-3-2-10-25(12-14)20(27)13-4-6-15(22)7-5-13/h4-9,11,14H,2-3,10,12H2,1H3,(H,23,24,26). The van der Waals surface area contributed by atoms with E-state index in [-0.39, 0.29) is 22.6 Å². The molecule has 1 aliphatic heterocycles. The number of likely N-dealkylation sites (tertiary alicyclic amines) is 1. The summed E-state index contributed by atoms with van der Waals surface area (Å²) in [4.78, 5) is 31.9.